The first-order chi connectivity index (χ1) is 11.3. The van der Waals surface area contributed by atoms with Crippen LogP contribution in [-0.4, -0.2) is 18.1 Å². The van der Waals surface area contributed by atoms with E-state index in [-0.39, 0.29) is 0 Å². The fourth-order valence-corrected chi connectivity index (χ4v) is 3.99. The topological polar surface area (TPSA) is 9.23 Å². The minimum Gasteiger partial charge on any atom is -0.494 e. The van der Waals surface area contributed by atoms with Crippen molar-refractivity contribution < 1.29 is 4.74 Å². The van der Waals surface area contributed by atoms with Gasteiger partial charge in [0.1, 0.15) is 5.75 Å². The molecule has 0 radical (unpaired) electrons. The third-order valence-electron chi connectivity index (χ3n) is 3.44. The summed E-state index contributed by atoms with van der Waals surface area (Å²) in [5.41, 5.74) is 1.34. The van der Waals surface area contributed by atoms with E-state index in [1.165, 1.54) is 33.9 Å². The lowest BCUT2D eigenvalue weighted by molar-refractivity contribution is 0.309. The third kappa shape index (κ3) is 6.92. The van der Waals surface area contributed by atoms with Crippen molar-refractivity contribution in [1.82, 2.24) is 0 Å². The van der Waals surface area contributed by atoms with Crippen LogP contribution in [-0.2, 0) is 0 Å². The van der Waals surface area contributed by atoms with Crippen molar-refractivity contribution in [2.45, 2.75) is 42.9 Å². The second kappa shape index (κ2) is 10.7. The van der Waals surface area contributed by atoms with Crippen LogP contribution in [0.4, 0.5) is 0 Å². The molecule has 0 fully saturated rings. The van der Waals surface area contributed by atoms with Gasteiger partial charge in [-0.25, -0.2) is 0 Å². The van der Waals surface area contributed by atoms with E-state index in [0.717, 1.165) is 24.5 Å². The van der Waals surface area contributed by atoms with Crippen molar-refractivity contribution in [2.24, 2.45) is 0 Å². The molecular formula is C20H26OS2. The molecule has 0 N–H and O–H groups in total. The number of thioether (sulfide) groups is 2. The van der Waals surface area contributed by atoms with Gasteiger partial charge in [-0.05, 0) is 67.5 Å². The van der Waals surface area contributed by atoms with Crippen molar-refractivity contribution in [3.8, 4) is 5.75 Å². The number of rotatable bonds is 10. The zero-order chi connectivity index (χ0) is 16.3. The SMILES string of the molecule is CCCSc1cc(OCCCCSc2ccccc2)ccc1C. The molecule has 0 bridgehead atoms. The monoisotopic (exact) mass is 346 g/mol. The second-order valence-electron chi connectivity index (χ2n) is 5.49. The molecule has 0 atom stereocenters. The smallest absolute Gasteiger partial charge is 0.120 e. The highest BCUT2D eigenvalue weighted by molar-refractivity contribution is 7.99. The summed E-state index contributed by atoms with van der Waals surface area (Å²) in [6, 6.07) is 17.0. The molecule has 0 aromatic heterocycles. The average Bonchev–Trinajstić information content (AvgIpc) is 2.59. The van der Waals surface area contributed by atoms with Crippen molar-refractivity contribution in [1.29, 1.82) is 0 Å². The summed E-state index contributed by atoms with van der Waals surface area (Å²) in [6.45, 7) is 5.19. The van der Waals surface area contributed by atoms with Crippen molar-refractivity contribution in [3.05, 3.63) is 54.1 Å². The summed E-state index contributed by atoms with van der Waals surface area (Å²) in [7, 11) is 0. The number of hydrogen-bond acceptors (Lipinski definition) is 3. The molecule has 0 saturated heterocycles. The molecule has 1 nitrogen and oxygen atoms in total. The number of benzene rings is 2. The molecule has 0 aliphatic carbocycles. The lowest BCUT2D eigenvalue weighted by Crippen LogP contribution is -1.98. The fraction of sp³-hybridized carbons (Fsp3) is 0.400. The highest BCUT2D eigenvalue weighted by Gasteiger charge is 2.02. The molecule has 124 valence electrons. The van der Waals surface area contributed by atoms with Gasteiger partial charge in [0.05, 0.1) is 6.61 Å². The molecule has 3 heteroatoms. The van der Waals surface area contributed by atoms with Crippen LogP contribution in [0.15, 0.2) is 58.3 Å². The molecular weight excluding hydrogens is 320 g/mol. The maximum atomic E-state index is 5.91. The Balaban J connectivity index is 1.66. The Morgan fingerprint density at radius 3 is 2.52 bits per heavy atom. The number of ether oxygens (including phenoxy) is 1. The molecule has 0 aliphatic heterocycles. The molecule has 2 aromatic rings. The predicted molar refractivity (Wildman–Crippen MR) is 104 cm³/mol. The Kier molecular flexibility index (Phi) is 8.48. The van der Waals surface area contributed by atoms with Crippen LogP contribution in [0.5, 0.6) is 5.75 Å². The molecule has 0 heterocycles. The molecule has 2 aromatic carbocycles. The summed E-state index contributed by atoms with van der Waals surface area (Å²) < 4.78 is 5.91. The zero-order valence-corrected chi connectivity index (χ0v) is 15.7. The number of aryl methyl sites for hydroxylation is 1. The van der Waals surface area contributed by atoms with Gasteiger partial charge >= 0.3 is 0 Å². The Labute approximate surface area is 149 Å². The van der Waals surface area contributed by atoms with E-state index >= 15 is 0 Å². The number of unbranched alkanes of at least 4 members (excludes halogenated alkanes) is 1. The lowest BCUT2D eigenvalue weighted by Gasteiger charge is -2.10. The van der Waals surface area contributed by atoms with Gasteiger partial charge in [0.15, 0.2) is 0 Å². The second-order valence-corrected chi connectivity index (χ2v) is 7.80. The summed E-state index contributed by atoms with van der Waals surface area (Å²) >= 11 is 3.84. The normalized spacial score (nSPS) is 10.7. The Bertz CT molecular complexity index is 569. The third-order valence-corrected chi connectivity index (χ3v) is 5.90. The van der Waals surface area contributed by atoms with Crippen molar-refractivity contribution in [3.63, 3.8) is 0 Å². The Hall–Kier alpha value is -1.06. The predicted octanol–water partition coefficient (Wildman–Crippen LogP) is 6.45. The first-order valence-electron chi connectivity index (χ1n) is 8.33. The first-order valence-corrected chi connectivity index (χ1v) is 10.3. The van der Waals surface area contributed by atoms with Gasteiger partial charge in [-0.2, -0.15) is 0 Å². The standard InChI is InChI=1S/C20H26OS2/c1-3-14-23-20-16-18(12-11-17(20)2)21-13-7-8-15-22-19-9-5-4-6-10-19/h4-6,9-12,16H,3,7-8,13-15H2,1-2H3. The summed E-state index contributed by atoms with van der Waals surface area (Å²) in [6.07, 6.45) is 3.49. The molecule has 0 aliphatic rings. The largest absolute Gasteiger partial charge is 0.494 e. The molecule has 23 heavy (non-hydrogen) atoms. The van der Waals surface area contributed by atoms with Crippen LogP contribution in [0.2, 0.25) is 0 Å². The maximum absolute atomic E-state index is 5.91. The Morgan fingerprint density at radius 2 is 1.74 bits per heavy atom. The van der Waals surface area contributed by atoms with E-state index in [1.807, 2.05) is 23.5 Å². The van der Waals surface area contributed by atoms with E-state index in [0.29, 0.717) is 0 Å². The van der Waals surface area contributed by atoms with Gasteiger partial charge in [0.25, 0.3) is 0 Å². The molecule has 0 saturated carbocycles. The summed E-state index contributed by atoms with van der Waals surface area (Å²) in [5.74, 6) is 3.32. The zero-order valence-electron chi connectivity index (χ0n) is 14.1. The van der Waals surface area contributed by atoms with Crippen molar-refractivity contribution in [2.75, 3.05) is 18.1 Å². The van der Waals surface area contributed by atoms with Gasteiger partial charge in [-0.15, -0.1) is 23.5 Å². The Morgan fingerprint density at radius 1 is 0.913 bits per heavy atom. The van der Waals surface area contributed by atoms with Gasteiger partial charge in [-0.3, -0.25) is 0 Å². The average molecular weight is 347 g/mol. The van der Waals surface area contributed by atoms with Crippen molar-refractivity contribution >= 4 is 23.5 Å². The van der Waals surface area contributed by atoms with Crippen LogP contribution in [0.1, 0.15) is 31.7 Å². The van der Waals surface area contributed by atoms with Crippen LogP contribution in [0, 0.1) is 6.92 Å². The van der Waals surface area contributed by atoms with Gasteiger partial charge in [0.2, 0.25) is 0 Å². The van der Waals surface area contributed by atoms with E-state index < -0.39 is 0 Å². The van der Waals surface area contributed by atoms with E-state index in [2.05, 4.69) is 62.4 Å². The maximum Gasteiger partial charge on any atom is 0.120 e. The highest BCUT2D eigenvalue weighted by Crippen LogP contribution is 2.27. The highest BCUT2D eigenvalue weighted by atomic mass is 32.2. The first kappa shape index (κ1) is 18.3. The molecule has 2 rings (SSSR count). The van der Waals surface area contributed by atoms with E-state index in [1.54, 1.807) is 0 Å². The number of hydrogen-bond donors (Lipinski definition) is 0. The summed E-state index contributed by atoms with van der Waals surface area (Å²) in [4.78, 5) is 2.70. The minimum absolute atomic E-state index is 0.802. The van der Waals surface area contributed by atoms with Crippen LogP contribution >= 0.6 is 23.5 Å². The molecule has 0 unspecified atom stereocenters. The summed E-state index contributed by atoms with van der Waals surface area (Å²) in [5, 5.41) is 0. The van der Waals surface area contributed by atoms with Gasteiger partial charge in [-0.1, -0.05) is 31.2 Å². The van der Waals surface area contributed by atoms with E-state index in [4.69, 9.17) is 4.74 Å². The molecule has 0 spiro atoms. The van der Waals surface area contributed by atoms with Crippen LogP contribution in [0.3, 0.4) is 0 Å². The molecule has 0 amide bonds. The van der Waals surface area contributed by atoms with Crippen LogP contribution in [0.25, 0.3) is 0 Å². The van der Waals surface area contributed by atoms with Gasteiger partial charge < -0.3 is 4.74 Å². The van der Waals surface area contributed by atoms with Gasteiger partial charge in [0, 0.05) is 9.79 Å². The quantitative estimate of drug-likeness (QED) is 0.361. The minimum atomic E-state index is 0.802. The van der Waals surface area contributed by atoms with Crippen LogP contribution < -0.4 is 4.74 Å². The fourth-order valence-electron chi connectivity index (χ4n) is 2.14. The lowest BCUT2D eigenvalue weighted by atomic mass is 10.2. The van der Waals surface area contributed by atoms with E-state index in [9.17, 15) is 0 Å².